The first-order valence-electron chi connectivity index (χ1n) is 4.51. The van der Waals surface area contributed by atoms with Crippen molar-refractivity contribution in [3.63, 3.8) is 0 Å². The second kappa shape index (κ2) is 4.59. The molecule has 0 fully saturated rings. The summed E-state index contributed by atoms with van der Waals surface area (Å²) < 4.78 is 0. The monoisotopic (exact) mass is 239 g/mol. The van der Waals surface area contributed by atoms with Gasteiger partial charge in [0.2, 0.25) is 0 Å². The normalized spacial score (nSPS) is 10.3. The highest BCUT2D eigenvalue weighted by molar-refractivity contribution is 7.09. The molecule has 2 aromatic rings. The molecule has 0 unspecified atom stereocenters. The van der Waals surface area contributed by atoms with E-state index in [9.17, 15) is 0 Å². The SMILES string of the molecule is Cc1nc(CNc2cccc(Cl)n2)cs1. The van der Waals surface area contributed by atoms with Gasteiger partial charge in [-0.3, -0.25) is 0 Å². The van der Waals surface area contributed by atoms with Gasteiger partial charge in [-0.25, -0.2) is 9.97 Å². The topological polar surface area (TPSA) is 37.8 Å². The van der Waals surface area contributed by atoms with Crippen molar-refractivity contribution >= 4 is 28.8 Å². The van der Waals surface area contributed by atoms with E-state index in [-0.39, 0.29) is 0 Å². The minimum Gasteiger partial charge on any atom is -0.364 e. The van der Waals surface area contributed by atoms with E-state index in [2.05, 4.69) is 15.3 Å². The molecule has 0 saturated carbocycles. The smallest absolute Gasteiger partial charge is 0.131 e. The Balaban J connectivity index is 1.99. The number of aromatic nitrogens is 2. The highest BCUT2D eigenvalue weighted by Gasteiger charge is 1.99. The van der Waals surface area contributed by atoms with Crippen molar-refractivity contribution in [2.24, 2.45) is 0 Å². The van der Waals surface area contributed by atoms with Gasteiger partial charge in [-0.2, -0.15) is 0 Å². The number of nitrogens with one attached hydrogen (secondary N) is 1. The van der Waals surface area contributed by atoms with Gasteiger partial charge in [0.1, 0.15) is 11.0 Å². The van der Waals surface area contributed by atoms with Crippen LogP contribution < -0.4 is 5.32 Å². The molecule has 0 radical (unpaired) electrons. The van der Waals surface area contributed by atoms with Crippen molar-refractivity contribution < 1.29 is 0 Å². The van der Waals surface area contributed by atoms with Crippen LogP contribution >= 0.6 is 22.9 Å². The number of aryl methyl sites for hydroxylation is 1. The molecule has 2 heterocycles. The molecule has 2 rings (SSSR count). The van der Waals surface area contributed by atoms with Crippen molar-refractivity contribution in [1.29, 1.82) is 0 Å². The zero-order valence-corrected chi connectivity index (χ0v) is 9.77. The molecule has 0 aliphatic carbocycles. The summed E-state index contributed by atoms with van der Waals surface area (Å²) in [4.78, 5) is 8.47. The molecule has 78 valence electrons. The molecular weight excluding hydrogens is 230 g/mol. The molecule has 1 N–H and O–H groups in total. The van der Waals surface area contributed by atoms with Crippen LogP contribution in [0.15, 0.2) is 23.6 Å². The van der Waals surface area contributed by atoms with Crippen molar-refractivity contribution in [2.45, 2.75) is 13.5 Å². The summed E-state index contributed by atoms with van der Waals surface area (Å²) in [5.41, 5.74) is 1.03. The Morgan fingerprint density at radius 2 is 2.27 bits per heavy atom. The molecular formula is C10H10ClN3S. The largest absolute Gasteiger partial charge is 0.364 e. The highest BCUT2D eigenvalue weighted by Crippen LogP contribution is 2.12. The van der Waals surface area contributed by atoms with Crippen LogP contribution in [0.2, 0.25) is 5.15 Å². The van der Waals surface area contributed by atoms with Gasteiger partial charge in [-0.1, -0.05) is 17.7 Å². The van der Waals surface area contributed by atoms with Crippen LogP contribution in [0.4, 0.5) is 5.82 Å². The lowest BCUT2D eigenvalue weighted by molar-refractivity contribution is 1.04. The fourth-order valence-corrected chi connectivity index (χ4v) is 1.95. The fourth-order valence-electron chi connectivity index (χ4n) is 1.18. The van der Waals surface area contributed by atoms with Crippen LogP contribution in [-0.2, 0) is 6.54 Å². The molecule has 0 aromatic carbocycles. The van der Waals surface area contributed by atoms with E-state index in [4.69, 9.17) is 11.6 Å². The van der Waals surface area contributed by atoms with Gasteiger partial charge < -0.3 is 5.32 Å². The lowest BCUT2D eigenvalue weighted by Crippen LogP contribution is -2.01. The number of nitrogens with zero attached hydrogens (tertiary/aromatic N) is 2. The molecule has 15 heavy (non-hydrogen) atoms. The van der Waals surface area contributed by atoms with Gasteiger partial charge in [-0.15, -0.1) is 11.3 Å². The summed E-state index contributed by atoms with van der Waals surface area (Å²) >= 11 is 7.41. The Labute approximate surface area is 97.2 Å². The third-order valence-corrected chi connectivity index (χ3v) is 2.87. The van der Waals surface area contributed by atoms with Crippen LogP contribution in [0.3, 0.4) is 0 Å². The molecule has 0 amide bonds. The van der Waals surface area contributed by atoms with Gasteiger partial charge in [0, 0.05) is 5.38 Å². The van der Waals surface area contributed by atoms with Crippen LogP contribution in [0.1, 0.15) is 10.7 Å². The van der Waals surface area contributed by atoms with E-state index < -0.39 is 0 Å². The lowest BCUT2D eigenvalue weighted by Gasteiger charge is -2.02. The number of hydrogen-bond acceptors (Lipinski definition) is 4. The van der Waals surface area contributed by atoms with Crippen LogP contribution in [0.25, 0.3) is 0 Å². The molecule has 5 heteroatoms. The maximum absolute atomic E-state index is 5.77. The Bertz CT molecular complexity index is 455. The van der Waals surface area contributed by atoms with E-state index in [1.165, 1.54) is 0 Å². The van der Waals surface area contributed by atoms with Crippen molar-refractivity contribution in [3.8, 4) is 0 Å². The zero-order valence-electron chi connectivity index (χ0n) is 8.20. The minimum absolute atomic E-state index is 0.495. The van der Waals surface area contributed by atoms with Gasteiger partial charge >= 0.3 is 0 Å². The van der Waals surface area contributed by atoms with E-state index >= 15 is 0 Å². The van der Waals surface area contributed by atoms with E-state index in [0.717, 1.165) is 16.5 Å². The summed E-state index contributed by atoms with van der Waals surface area (Å²) in [6.07, 6.45) is 0. The van der Waals surface area contributed by atoms with Gasteiger partial charge in [0.15, 0.2) is 0 Å². The van der Waals surface area contributed by atoms with Crippen LogP contribution in [0.5, 0.6) is 0 Å². The Morgan fingerprint density at radius 3 is 2.93 bits per heavy atom. The second-order valence-electron chi connectivity index (χ2n) is 3.06. The summed E-state index contributed by atoms with van der Waals surface area (Å²) in [6.45, 7) is 2.67. The molecule has 0 saturated heterocycles. The maximum atomic E-state index is 5.77. The highest BCUT2D eigenvalue weighted by atomic mass is 35.5. The molecule has 3 nitrogen and oxygen atoms in total. The molecule has 0 spiro atoms. The van der Waals surface area contributed by atoms with Gasteiger partial charge in [-0.05, 0) is 19.1 Å². The van der Waals surface area contributed by atoms with Crippen molar-refractivity contribution in [1.82, 2.24) is 9.97 Å². The first-order valence-corrected chi connectivity index (χ1v) is 5.77. The number of hydrogen-bond donors (Lipinski definition) is 1. The number of thiazole rings is 1. The van der Waals surface area contributed by atoms with Crippen molar-refractivity contribution in [2.75, 3.05) is 5.32 Å². The Hall–Kier alpha value is -1.13. The van der Waals surface area contributed by atoms with E-state index in [0.29, 0.717) is 11.7 Å². The third-order valence-electron chi connectivity index (χ3n) is 1.83. The average molecular weight is 240 g/mol. The zero-order chi connectivity index (χ0) is 10.7. The van der Waals surface area contributed by atoms with Crippen LogP contribution in [0, 0.1) is 6.92 Å². The molecule has 0 aliphatic heterocycles. The van der Waals surface area contributed by atoms with Crippen molar-refractivity contribution in [3.05, 3.63) is 39.4 Å². The standard InChI is InChI=1S/C10H10ClN3S/c1-7-13-8(6-15-7)5-12-10-4-2-3-9(11)14-10/h2-4,6H,5H2,1H3,(H,12,14). The average Bonchev–Trinajstić information content (AvgIpc) is 2.62. The molecule has 0 aliphatic rings. The quantitative estimate of drug-likeness (QED) is 0.837. The summed E-state index contributed by atoms with van der Waals surface area (Å²) in [5.74, 6) is 0.771. The van der Waals surface area contributed by atoms with Gasteiger partial charge in [0.05, 0.1) is 17.2 Å². The Morgan fingerprint density at radius 1 is 1.40 bits per heavy atom. The van der Waals surface area contributed by atoms with E-state index in [1.807, 2.05) is 24.4 Å². The minimum atomic E-state index is 0.495. The number of halogens is 1. The predicted octanol–water partition coefficient (Wildman–Crippen LogP) is 3.11. The molecule has 0 atom stereocenters. The molecule has 0 bridgehead atoms. The summed E-state index contributed by atoms with van der Waals surface area (Å²) in [6, 6.07) is 5.49. The van der Waals surface area contributed by atoms with E-state index in [1.54, 1.807) is 17.4 Å². The Kier molecular flexibility index (Phi) is 3.18. The lowest BCUT2D eigenvalue weighted by atomic mass is 10.4. The van der Waals surface area contributed by atoms with Gasteiger partial charge in [0.25, 0.3) is 0 Å². The first kappa shape index (κ1) is 10.4. The number of anilines is 1. The number of pyridine rings is 1. The second-order valence-corrected chi connectivity index (χ2v) is 4.51. The first-order chi connectivity index (χ1) is 7.24. The van der Waals surface area contributed by atoms with Crippen LogP contribution in [-0.4, -0.2) is 9.97 Å². The maximum Gasteiger partial charge on any atom is 0.131 e. The predicted molar refractivity (Wildman–Crippen MR) is 63.4 cm³/mol. The third kappa shape index (κ3) is 2.91. The summed E-state index contributed by atoms with van der Waals surface area (Å²) in [7, 11) is 0. The number of rotatable bonds is 3. The summed E-state index contributed by atoms with van der Waals surface area (Å²) in [5, 5.41) is 6.77. The molecule has 2 aromatic heterocycles. The fraction of sp³-hybridized carbons (Fsp3) is 0.200.